The molecule has 14 heavy (non-hydrogen) atoms. The first-order chi connectivity index (χ1) is 6.35. The van der Waals surface area contributed by atoms with Crippen molar-refractivity contribution in [1.82, 2.24) is 0 Å². The molecule has 0 rings (SSSR count). The van der Waals surface area contributed by atoms with Gasteiger partial charge in [0.2, 0.25) is 0 Å². The van der Waals surface area contributed by atoms with E-state index >= 15 is 0 Å². The monoisotopic (exact) mass is 210 g/mol. The van der Waals surface area contributed by atoms with E-state index in [9.17, 15) is 4.79 Å². The van der Waals surface area contributed by atoms with Crippen LogP contribution in [0.4, 0.5) is 0 Å². The van der Waals surface area contributed by atoms with E-state index in [-0.39, 0.29) is 0 Å². The lowest BCUT2D eigenvalue weighted by Crippen LogP contribution is -2.16. The molecule has 0 bridgehead atoms. The molecular formula is C11H18O2Si. The molecular weight excluding hydrogens is 192 g/mol. The molecule has 0 amide bonds. The van der Waals surface area contributed by atoms with Gasteiger partial charge >= 0.3 is 5.97 Å². The number of carbonyl (C=O) groups is 1. The van der Waals surface area contributed by atoms with Crippen molar-refractivity contribution in [2.45, 2.75) is 39.4 Å². The molecule has 2 nitrogen and oxygen atoms in total. The Morgan fingerprint density at radius 3 is 2.36 bits per heavy atom. The Morgan fingerprint density at radius 2 is 2.00 bits per heavy atom. The number of hydrogen-bond acceptors (Lipinski definition) is 1. The van der Waals surface area contributed by atoms with Crippen molar-refractivity contribution in [2.24, 2.45) is 0 Å². The molecule has 3 heteroatoms. The second-order valence-corrected chi connectivity index (χ2v) is 9.01. The lowest BCUT2D eigenvalue weighted by atomic mass is 10.1. The van der Waals surface area contributed by atoms with E-state index in [0.717, 1.165) is 18.4 Å². The molecule has 0 aromatic heterocycles. The Morgan fingerprint density at radius 1 is 1.43 bits per heavy atom. The van der Waals surface area contributed by atoms with Gasteiger partial charge in [-0.05, 0) is 6.42 Å². The summed E-state index contributed by atoms with van der Waals surface area (Å²) in [7, 11) is -1.39. The first-order valence-corrected chi connectivity index (χ1v) is 8.32. The highest BCUT2D eigenvalue weighted by molar-refractivity contribution is 6.83. The van der Waals surface area contributed by atoms with Crippen LogP contribution in [0.25, 0.3) is 0 Å². The third-order valence-corrected chi connectivity index (χ3v) is 2.29. The van der Waals surface area contributed by atoms with Gasteiger partial charge in [-0.15, -0.1) is 5.54 Å². The molecule has 0 saturated heterocycles. The van der Waals surface area contributed by atoms with E-state index in [1.165, 1.54) is 6.08 Å². The van der Waals surface area contributed by atoms with Crippen LogP contribution < -0.4 is 0 Å². The zero-order valence-corrected chi connectivity index (χ0v) is 10.3. The maximum Gasteiger partial charge on any atom is 0.329 e. The van der Waals surface area contributed by atoms with Crippen LogP contribution >= 0.6 is 0 Å². The van der Waals surface area contributed by atoms with E-state index in [1.54, 1.807) is 0 Å². The number of hydrogen-bond donors (Lipinski definition) is 1. The van der Waals surface area contributed by atoms with Gasteiger partial charge in [0.1, 0.15) is 8.07 Å². The maximum absolute atomic E-state index is 10.5. The standard InChI is InChI=1S/C11H18O2Si/c1-5-6-10(9-11(12)13)7-8-14(2,3)4/h9H,5-6H2,1-4H3,(H,12,13). The second-order valence-electron chi connectivity index (χ2n) is 4.26. The Labute approximate surface area is 87.0 Å². The predicted octanol–water partition coefficient (Wildman–Crippen LogP) is 2.68. The minimum atomic E-state index is -1.39. The van der Waals surface area contributed by atoms with Crippen LogP contribution in [0.2, 0.25) is 19.6 Å². The van der Waals surface area contributed by atoms with Gasteiger partial charge in [-0.2, -0.15) is 0 Å². The SMILES string of the molecule is CCCC(C#C[Si](C)(C)C)=CC(=O)O. The molecule has 0 saturated carbocycles. The number of carboxylic acid groups (broad SMARTS) is 1. The van der Waals surface area contributed by atoms with Crippen LogP contribution in [0.1, 0.15) is 19.8 Å². The highest BCUT2D eigenvalue weighted by Gasteiger charge is 2.07. The van der Waals surface area contributed by atoms with Gasteiger partial charge in [-0.3, -0.25) is 0 Å². The quantitative estimate of drug-likeness (QED) is 0.442. The van der Waals surface area contributed by atoms with Gasteiger partial charge in [0.25, 0.3) is 0 Å². The van der Waals surface area contributed by atoms with Crippen LogP contribution in [-0.4, -0.2) is 19.1 Å². The zero-order chi connectivity index (χ0) is 11.2. The minimum absolute atomic E-state index is 0.738. The third kappa shape index (κ3) is 7.63. The molecule has 0 aliphatic heterocycles. The Bertz CT molecular complexity index is 287. The Kier molecular flexibility index (Phi) is 5.25. The highest BCUT2D eigenvalue weighted by Crippen LogP contribution is 2.05. The van der Waals surface area contributed by atoms with Crippen LogP contribution in [0, 0.1) is 11.5 Å². The van der Waals surface area contributed by atoms with Crippen molar-refractivity contribution in [3.63, 3.8) is 0 Å². The van der Waals surface area contributed by atoms with Gasteiger partial charge < -0.3 is 5.11 Å². The fraction of sp³-hybridized carbons (Fsp3) is 0.545. The lowest BCUT2D eigenvalue weighted by Gasteiger charge is -2.04. The molecule has 0 aromatic carbocycles. The average Bonchev–Trinajstić information content (AvgIpc) is 1.98. The summed E-state index contributed by atoms with van der Waals surface area (Å²) in [6.45, 7) is 8.45. The fourth-order valence-electron chi connectivity index (χ4n) is 0.857. The van der Waals surface area contributed by atoms with Crippen LogP contribution in [-0.2, 0) is 4.79 Å². The van der Waals surface area contributed by atoms with E-state index in [0.29, 0.717) is 0 Å². The summed E-state index contributed by atoms with van der Waals surface area (Å²) in [4.78, 5) is 10.5. The molecule has 0 aromatic rings. The van der Waals surface area contributed by atoms with Crippen LogP contribution in [0.3, 0.4) is 0 Å². The summed E-state index contributed by atoms with van der Waals surface area (Å²) >= 11 is 0. The molecule has 78 valence electrons. The molecule has 0 fully saturated rings. The maximum atomic E-state index is 10.5. The summed E-state index contributed by atoms with van der Waals surface area (Å²) in [5.41, 5.74) is 3.91. The summed E-state index contributed by atoms with van der Waals surface area (Å²) < 4.78 is 0. The highest BCUT2D eigenvalue weighted by atomic mass is 28.3. The van der Waals surface area contributed by atoms with Crippen LogP contribution in [0.5, 0.6) is 0 Å². The molecule has 0 heterocycles. The first kappa shape index (κ1) is 13.0. The summed E-state index contributed by atoms with van der Waals surface area (Å²) in [6.07, 6.45) is 2.90. The van der Waals surface area contributed by atoms with E-state index in [4.69, 9.17) is 5.11 Å². The summed E-state index contributed by atoms with van der Waals surface area (Å²) in [5.74, 6) is 2.08. The van der Waals surface area contributed by atoms with Crippen LogP contribution in [0.15, 0.2) is 11.6 Å². The fourth-order valence-corrected chi connectivity index (χ4v) is 1.39. The van der Waals surface area contributed by atoms with E-state index in [1.807, 2.05) is 6.92 Å². The topological polar surface area (TPSA) is 37.3 Å². The molecule has 1 N–H and O–H groups in total. The van der Waals surface area contributed by atoms with Crippen molar-refractivity contribution < 1.29 is 9.90 Å². The third-order valence-electron chi connectivity index (χ3n) is 1.42. The summed E-state index contributed by atoms with van der Waals surface area (Å²) in [5, 5.41) is 8.61. The summed E-state index contributed by atoms with van der Waals surface area (Å²) in [6, 6.07) is 0. The van der Waals surface area contributed by atoms with Gasteiger partial charge in [0.15, 0.2) is 0 Å². The van der Waals surface area contributed by atoms with Crippen molar-refractivity contribution in [2.75, 3.05) is 0 Å². The van der Waals surface area contributed by atoms with E-state index < -0.39 is 14.0 Å². The average molecular weight is 210 g/mol. The largest absolute Gasteiger partial charge is 0.478 e. The molecule has 0 aliphatic rings. The molecule has 0 aliphatic carbocycles. The number of carboxylic acids is 1. The van der Waals surface area contributed by atoms with Crippen molar-refractivity contribution in [3.05, 3.63) is 11.6 Å². The molecule has 0 spiro atoms. The smallest absolute Gasteiger partial charge is 0.329 e. The molecule has 0 atom stereocenters. The lowest BCUT2D eigenvalue weighted by molar-refractivity contribution is -0.131. The Balaban J connectivity index is 4.67. The number of allylic oxidation sites excluding steroid dienone is 1. The van der Waals surface area contributed by atoms with Gasteiger partial charge in [-0.1, -0.05) is 38.9 Å². The Hall–Kier alpha value is -1.01. The molecule has 0 unspecified atom stereocenters. The second kappa shape index (κ2) is 5.66. The van der Waals surface area contributed by atoms with Gasteiger partial charge in [-0.25, -0.2) is 4.79 Å². The minimum Gasteiger partial charge on any atom is -0.478 e. The normalized spacial score (nSPS) is 11.9. The zero-order valence-electron chi connectivity index (χ0n) is 9.35. The number of aliphatic carboxylic acids is 1. The first-order valence-electron chi connectivity index (χ1n) is 4.82. The predicted molar refractivity (Wildman–Crippen MR) is 61.7 cm³/mol. The van der Waals surface area contributed by atoms with Crippen molar-refractivity contribution >= 4 is 14.0 Å². The van der Waals surface area contributed by atoms with E-state index in [2.05, 4.69) is 31.1 Å². The van der Waals surface area contributed by atoms with Crippen molar-refractivity contribution in [3.8, 4) is 11.5 Å². The molecule has 0 radical (unpaired) electrons. The van der Waals surface area contributed by atoms with Gasteiger partial charge in [0.05, 0.1) is 0 Å². The van der Waals surface area contributed by atoms with Gasteiger partial charge in [0, 0.05) is 11.6 Å². The van der Waals surface area contributed by atoms with Crippen molar-refractivity contribution in [1.29, 1.82) is 0 Å². The number of rotatable bonds is 3.